The van der Waals surface area contributed by atoms with Crippen LogP contribution < -0.4 is 10.1 Å². The van der Waals surface area contributed by atoms with Crippen LogP contribution in [0.5, 0.6) is 5.75 Å². The lowest BCUT2D eigenvalue weighted by Gasteiger charge is -2.25. The number of rotatable bonds is 4. The van der Waals surface area contributed by atoms with E-state index in [1.165, 1.54) is 4.90 Å². The van der Waals surface area contributed by atoms with Crippen LogP contribution in [0.15, 0.2) is 24.3 Å². The van der Waals surface area contributed by atoms with Crippen LogP contribution in [0.1, 0.15) is 12.0 Å². The number of benzene rings is 1. The topological polar surface area (TPSA) is 41.6 Å². The van der Waals surface area contributed by atoms with Crippen molar-refractivity contribution in [3.05, 3.63) is 29.8 Å². The molecule has 0 radical (unpaired) electrons. The summed E-state index contributed by atoms with van der Waals surface area (Å²) in [6.45, 7) is 0.987. The van der Waals surface area contributed by atoms with Crippen LogP contribution in [0.25, 0.3) is 0 Å². The van der Waals surface area contributed by atoms with Gasteiger partial charge < -0.3 is 15.0 Å². The molecule has 0 aliphatic carbocycles. The molecule has 4 nitrogen and oxygen atoms in total. The maximum absolute atomic E-state index is 14.4. The molecule has 1 aliphatic rings. The summed E-state index contributed by atoms with van der Waals surface area (Å²) in [6.07, 6.45) is 0.238. The highest BCUT2D eigenvalue weighted by Gasteiger charge is 2.43. The number of carbonyl (C=O) groups excluding carboxylic acids is 1. The average Bonchev–Trinajstić information content (AvgIpc) is 2.86. The van der Waals surface area contributed by atoms with Gasteiger partial charge in [-0.05, 0) is 12.6 Å². The zero-order chi connectivity index (χ0) is 13.9. The standard InChI is InChI=1S/C14H19FN2O2/c1-17(13(18)14(15)7-8-16-10-14)9-11-5-3-4-6-12(11)19-2/h3-6,16H,7-10H2,1-2H3/t14-/m1/s1. The molecule has 1 atom stereocenters. The highest BCUT2D eigenvalue weighted by Crippen LogP contribution is 2.25. The largest absolute Gasteiger partial charge is 0.496 e. The number of ether oxygens (including phenoxy) is 1. The number of methoxy groups -OCH3 is 1. The number of hydrogen-bond acceptors (Lipinski definition) is 3. The first-order chi connectivity index (χ1) is 9.07. The van der Waals surface area contributed by atoms with E-state index in [1.54, 1.807) is 14.2 Å². The minimum Gasteiger partial charge on any atom is -0.496 e. The summed E-state index contributed by atoms with van der Waals surface area (Å²) >= 11 is 0. The summed E-state index contributed by atoms with van der Waals surface area (Å²) in [5, 5.41) is 2.89. The van der Waals surface area contributed by atoms with Crippen molar-refractivity contribution in [2.24, 2.45) is 0 Å². The molecular formula is C14H19FN2O2. The molecule has 1 N–H and O–H groups in total. The van der Waals surface area contributed by atoms with Gasteiger partial charge in [0.1, 0.15) is 5.75 Å². The van der Waals surface area contributed by atoms with Gasteiger partial charge in [0, 0.05) is 32.1 Å². The van der Waals surface area contributed by atoms with Crippen molar-refractivity contribution < 1.29 is 13.9 Å². The van der Waals surface area contributed by atoms with Crippen molar-refractivity contribution in [1.29, 1.82) is 0 Å². The third-order valence-corrected chi connectivity index (χ3v) is 3.43. The molecule has 0 spiro atoms. The average molecular weight is 266 g/mol. The van der Waals surface area contributed by atoms with Crippen LogP contribution in [0, 0.1) is 0 Å². The Balaban J connectivity index is 2.08. The van der Waals surface area contributed by atoms with E-state index < -0.39 is 11.6 Å². The minimum absolute atomic E-state index is 0.0993. The van der Waals surface area contributed by atoms with Gasteiger partial charge in [-0.15, -0.1) is 0 Å². The second-order valence-electron chi connectivity index (χ2n) is 4.87. The number of halogens is 1. The lowest BCUT2D eigenvalue weighted by atomic mass is 10.0. The summed E-state index contributed by atoms with van der Waals surface area (Å²) in [4.78, 5) is 13.6. The van der Waals surface area contributed by atoms with Crippen LogP contribution in [-0.2, 0) is 11.3 Å². The van der Waals surface area contributed by atoms with Gasteiger partial charge in [-0.1, -0.05) is 18.2 Å². The molecule has 1 aliphatic heterocycles. The van der Waals surface area contributed by atoms with Gasteiger partial charge in [0.2, 0.25) is 5.67 Å². The van der Waals surface area contributed by atoms with Gasteiger partial charge >= 0.3 is 0 Å². The predicted molar refractivity (Wildman–Crippen MR) is 70.8 cm³/mol. The molecule has 0 unspecified atom stereocenters. The van der Waals surface area contributed by atoms with E-state index in [-0.39, 0.29) is 13.0 Å². The van der Waals surface area contributed by atoms with Gasteiger partial charge in [0.05, 0.1) is 7.11 Å². The second kappa shape index (κ2) is 5.57. The van der Waals surface area contributed by atoms with Gasteiger partial charge in [0.15, 0.2) is 0 Å². The first-order valence-corrected chi connectivity index (χ1v) is 6.34. The van der Waals surface area contributed by atoms with Gasteiger partial charge in [-0.25, -0.2) is 4.39 Å². The molecule has 1 amide bonds. The third kappa shape index (κ3) is 2.87. The molecule has 104 valence electrons. The Hall–Kier alpha value is -1.62. The van der Waals surface area contributed by atoms with Crippen molar-refractivity contribution in [3.63, 3.8) is 0 Å². The van der Waals surface area contributed by atoms with Crippen molar-refractivity contribution in [1.82, 2.24) is 10.2 Å². The monoisotopic (exact) mass is 266 g/mol. The molecule has 1 saturated heterocycles. The smallest absolute Gasteiger partial charge is 0.261 e. The Morgan fingerprint density at radius 2 is 2.26 bits per heavy atom. The Morgan fingerprint density at radius 1 is 1.53 bits per heavy atom. The lowest BCUT2D eigenvalue weighted by molar-refractivity contribution is -0.142. The molecule has 0 aromatic heterocycles. The maximum Gasteiger partial charge on any atom is 0.261 e. The van der Waals surface area contributed by atoms with Crippen molar-refractivity contribution >= 4 is 5.91 Å². The van der Waals surface area contributed by atoms with Crippen molar-refractivity contribution in [2.45, 2.75) is 18.6 Å². The maximum atomic E-state index is 14.4. The molecule has 0 bridgehead atoms. The lowest BCUT2D eigenvalue weighted by Crippen LogP contribution is -2.45. The number of hydrogen-bond donors (Lipinski definition) is 1. The molecule has 0 saturated carbocycles. The molecule has 2 rings (SSSR count). The number of amides is 1. The van der Waals surface area contributed by atoms with E-state index in [0.717, 1.165) is 5.56 Å². The minimum atomic E-state index is -1.77. The SMILES string of the molecule is COc1ccccc1CN(C)C(=O)[C@@]1(F)CCNC1. The Bertz CT molecular complexity index is 459. The number of carbonyl (C=O) groups is 1. The Labute approximate surface area is 112 Å². The molecule has 5 heteroatoms. The van der Waals surface area contributed by atoms with Crippen LogP contribution in [-0.4, -0.2) is 43.7 Å². The van der Waals surface area contributed by atoms with E-state index in [2.05, 4.69) is 5.32 Å². The summed E-state index contributed by atoms with van der Waals surface area (Å²) in [5.74, 6) is 0.239. The number of nitrogens with one attached hydrogen (secondary N) is 1. The number of para-hydroxylation sites is 1. The summed E-state index contributed by atoms with van der Waals surface area (Å²) in [6, 6.07) is 7.44. The first-order valence-electron chi connectivity index (χ1n) is 6.34. The zero-order valence-electron chi connectivity index (χ0n) is 11.3. The number of alkyl halides is 1. The van der Waals surface area contributed by atoms with Gasteiger partial charge in [-0.3, -0.25) is 4.79 Å². The quantitative estimate of drug-likeness (QED) is 0.894. The van der Waals surface area contributed by atoms with E-state index in [0.29, 0.717) is 18.8 Å². The summed E-state index contributed by atoms with van der Waals surface area (Å²) < 4.78 is 19.6. The van der Waals surface area contributed by atoms with Crippen LogP contribution in [0.4, 0.5) is 4.39 Å². The molecule has 1 aromatic carbocycles. The summed E-state index contributed by atoms with van der Waals surface area (Å²) in [5.41, 5.74) is -0.896. The normalized spacial score (nSPS) is 22.3. The fraction of sp³-hybridized carbons (Fsp3) is 0.500. The fourth-order valence-electron chi connectivity index (χ4n) is 2.35. The van der Waals surface area contributed by atoms with Crippen LogP contribution in [0.2, 0.25) is 0 Å². The first kappa shape index (κ1) is 13.8. The zero-order valence-corrected chi connectivity index (χ0v) is 11.3. The van der Waals surface area contributed by atoms with Crippen LogP contribution in [0.3, 0.4) is 0 Å². The highest BCUT2D eigenvalue weighted by molar-refractivity contribution is 5.85. The molecular weight excluding hydrogens is 247 g/mol. The van der Waals surface area contributed by atoms with Gasteiger partial charge in [0.25, 0.3) is 5.91 Å². The Kier molecular flexibility index (Phi) is 4.04. The summed E-state index contributed by atoms with van der Waals surface area (Å²) in [7, 11) is 3.20. The predicted octanol–water partition coefficient (Wildman–Crippen LogP) is 1.36. The molecule has 1 aromatic rings. The van der Waals surface area contributed by atoms with Crippen molar-refractivity contribution in [3.8, 4) is 5.75 Å². The van der Waals surface area contributed by atoms with Gasteiger partial charge in [-0.2, -0.15) is 0 Å². The van der Waals surface area contributed by atoms with E-state index in [1.807, 2.05) is 24.3 Å². The Morgan fingerprint density at radius 3 is 2.89 bits per heavy atom. The fourth-order valence-corrected chi connectivity index (χ4v) is 2.35. The molecule has 19 heavy (non-hydrogen) atoms. The third-order valence-electron chi connectivity index (χ3n) is 3.43. The van der Waals surface area contributed by atoms with E-state index in [9.17, 15) is 9.18 Å². The van der Waals surface area contributed by atoms with Crippen LogP contribution >= 0.6 is 0 Å². The molecule has 1 heterocycles. The van der Waals surface area contributed by atoms with E-state index >= 15 is 0 Å². The molecule has 1 fully saturated rings. The van der Waals surface area contributed by atoms with Crippen molar-refractivity contribution in [2.75, 3.05) is 27.2 Å². The van der Waals surface area contributed by atoms with E-state index in [4.69, 9.17) is 4.74 Å². The second-order valence-corrected chi connectivity index (χ2v) is 4.87. The number of nitrogens with zero attached hydrogens (tertiary/aromatic N) is 1. The highest BCUT2D eigenvalue weighted by atomic mass is 19.1.